The van der Waals surface area contributed by atoms with Crippen LogP contribution in [0.1, 0.15) is 37.7 Å². The van der Waals surface area contributed by atoms with Crippen molar-refractivity contribution in [3.05, 3.63) is 35.6 Å². The first-order valence-corrected chi connectivity index (χ1v) is 7.55. The number of halogens is 1. The second-order valence-electron chi connectivity index (χ2n) is 5.88. The molecule has 104 valence electrons. The zero-order valence-electron chi connectivity index (χ0n) is 11.4. The van der Waals surface area contributed by atoms with Crippen molar-refractivity contribution in [2.75, 3.05) is 6.54 Å². The number of hydrogen-bond acceptors (Lipinski definition) is 2. The number of rotatable bonds is 4. The van der Waals surface area contributed by atoms with Crippen LogP contribution < -0.4 is 10.6 Å². The van der Waals surface area contributed by atoms with Crippen molar-refractivity contribution in [1.29, 1.82) is 0 Å². The zero-order chi connectivity index (χ0) is 13.1. The first-order valence-electron chi connectivity index (χ1n) is 7.55. The van der Waals surface area contributed by atoms with Gasteiger partial charge in [-0.1, -0.05) is 24.6 Å². The molecule has 3 unspecified atom stereocenters. The summed E-state index contributed by atoms with van der Waals surface area (Å²) in [7, 11) is 0. The van der Waals surface area contributed by atoms with Gasteiger partial charge in [0.1, 0.15) is 5.82 Å². The van der Waals surface area contributed by atoms with Gasteiger partial charge in [-0.25, -0.2) is 4.39 Å². The van der Waals surface area contributed by atoms with Crippen molar-refractivity contribution in [3.8, 4) is 0 Å². The summed E-state index contributed by atoms with van der Waals surface area (Å²) >= 11 is 0. The average molecular weight is 262 g/mol. The summed E-state index contributed by atoms with van der Waals surface area (Å²) in [5, 5.41) is 7.21. The van der Waals surface area contributed by atoms with Crippen LogP contribution in [-0.2, 0) is 6.54 Å². The third-order valence-electron chi connectivity index (χ3n) is 4.70. The van der Waals surface area contributed by atoms with Crippen LogP contribution in [0.5, 0.6) is 0 Å². The van der Waals surface area contributed by atoms with Gasteiger partial charge in [0.15, 0.2) is 0 Å². The van der Waals surface area contributed by atoms with E-state index in [-0.39, 0.29) is 5.82 Å². The molecule has 2 N–H and O–H groups in total. The highest BCUT2D eigenvalue weighted by molar-refractivity contribution is 5.17. The van der Waals surface area contributed by atoms with Crippen molar-refractivity contribution >= 4 is 0 Å². The fraction of sp³-hybridized carbons (Fsp3) is 0.625. The van der Waals surface area contributed by atoms with Crippen molar-refractivity contribution in [3.63, 3.8) is 0 Å². The molecule has 2 fully saturated rings. The van der Waals surface area contributed by atoms with Gasteiger partial charge in [-0.2, -0.15) is 0 Å². The molecule has 0 spiro atoms. The maximum Gasteiger partial charge on any atom is 0.127 e. The largest absolute Gasteiger partial charge is 0.314 e. The van der Waals surface area contributed by atoms with Gasteiger partial charge in [0, 0.05) is 24.2 Å². The van der Waals surface area contributed by atoms with E-state index >= 15 is 0 Å². The van der Waals surface area contributed by atoms with Crippen molar-refractivity contribution in [1.82, 2.24) is 10.6 Å². The molecule has 1 aromatic rings. The van der Waals surface area contributed by atoms with Gasteiger partial charge >= 0.3 is 0 Å². The lowest BCUT2D eigenvalue weighted by Crippen LogP contribution is -2.41. The van der Waals surface area contributed by atoms with Gasteiger partial charge in [-0.15, -0.1) is 0 Å². The van der Waals surface area contributed by atoms with Crippen molar-refractivity contribution < 1.29 is 4.39 Å². The highest BCUT2D eigenvalue weighted by Gasteiger charge is 2.34. The van der Waals surface area contributed by atoms with Crippen LogP contribution in [-0.4, -0.2) is 18.6 Å². The van der Waals surface area contributed by atoms with Gasteiger partial charge in [0.2, 0.25) is 0 Å². The van der Waals surface area contributed by atoms with Gasteiger partial charge in [0.25, 0.3) is 0 Å². The Balaban J connectivity index is 1.58. The maximum absolute atomic E-state index is 13.6. The zero-order valence-corrected chi connectivity index (χ0v) is 11.4. The number of benzene rings is 1. The van der Waals surface area contributed by atoms with Crippen LogP contribution in [0, 0.1) is 11.7 Å². The lowest BCUT2D eigenvalue weighted by molar-refractivity contribution is 0.319. The summed E-state index contributed by atoms with van der Waals surface area (Å²) in [5.74, 6) is 0.637. The number of nitrogens with one attached hydrogen (secondary N) is 2. The molecule has 0 bridgehead atoms. The molecule has 1 saturated heterocycles. The molecule has 2 nitrogen and oxygen atoms in total. The normalized spacial score (nSPS) is 30.9. The van der Waals surface area contributed by atoms with Gasteiger partial charge < -0.3 is 10.6 Å². The Hall–Kier alpha value is -0.930. The van der Waals surface area contributed by atoms with E-state index in [0.717, 1.165) is 11.5 Å². The van der Waals surface area contributed by atoms with Crippen LogP contribution in [0.25, 0.3) is 0 Å². The van der Waals surface area contributed by atoms with Crippen LogP contribution in [0.15, 0.2) is 24.3 Å². The molecule has 3 rings (SSSR count). The fourth-order valence-electron chi connectivity index (χ4n) is 3.68. The van der Waals surface area contributed by atoms with E-state index in [1.807, 2.05) is 12.1 Å². The van der Waals surface area contributed by atoms with E-state index in [0.29, 0.717) is 18.6 Å². The van der Waals surface area contributed by atoms with Gasteiger partial charge in [0.05, 0.1) is 0 Å². The second kappa shape index (κ2) is 6.02. The minimum atomic E-state index is -0.0939. The monoisotopic (exact) mass is 262 g/mol. The van der Waals surface area contributed by atoms with Crippen molar-refractivity contribution in [2.24, 2.45) is 5.92 Å². The molecule has 3 heteroatoms. The SMILES string of the molecule is Fc1ccccc1CNC1CCCC1C1CCCN1. The maximum atomic E-state index is 13.6. The first-order chi connectivity index (χ1) is 9.34. The molecule has 1 aromatic carbocycles. The van der Waals surface area contributed by atoms with E-state index < -0.39 is 0 Å². The molecule has 0 aromatic heterocycles. The quantitative estimate of drug-likeness (QED) is 0.872. The summed E-state index contributed by atoms with van der Waals surface area (Å²) in [6.45, 7) is 1.82. The summed E-state index contributed by atoms with van der Waals surface area (Å²) in [4.78, 5) is 0. The molecule has 19 heavy (non-hydrogen) atoms. The Labute approximate surface area is 114 Å². The third kappa shape index (κ3) is 2.98. The van der Waals surface area contributed by atoms with Crippen LogP contribution in [0.2, 0.25) is 0 Å². The summed E-state index contributed by atoms with van der Waals surface area (Å²) in [6.07, 6.45) is 6.46. The van der Waals surface area contributed by atoms with Crippen LogP contribution >= 0.6 is 0 Å². The molecular formula is C16H23FN2. The molecule has 1 aliphatic heterocycles. The Morgan fingerprint density at radius 1 is 1.16 bits per heavy atom. The topological polar surface area (TPSA) is 24.1 Å². The summed E-state index contributed by atoms with van der Waals surface area (Å²) in [6, 6.07) is 8.31. The highest BCUT2D eigenvalue weighted by atomic mass is 19.1. The molecule has 0 radical (unpaired) electrons. The van der Waals surface area contributed by atoms with Gasteiger partial charge in [-0.3, -0.25) is 0 Å². The first kappa shape index (κ1) is 13.1. The average Bonchev–Trinajstić information content (AvgIpc) is 3.08. The molecule has 1 heterocycles. The second-order valence-corrected chi connectivity index (χ2v) is 5.88. The molecule has 1 saturated carbocycles. The van der Waals surface area contributed by atoms with E-state index in [2.05, 4.69) is 10.6 Å². The lowest BCUT2D eigenvalue weighted by atomic mass is 9.93. The Morgan fingerprint density at radius 2 is 2.05 bits per heavy atom. The summed E-state index contributed by atoms with van der Waals surface area (Å²) < 4.78 is 13.6. The lowest BCUT2D eigenvalue weighted by Gasteiger charge is -2.26. The van der Waals surface area contributed by atoms with Crippen LogP contribution in [0.4, 0.5) is 4.39 Å². The molecular weight excluding hydrogens is 239 g/mol. The Bertz CT molecular complexity index is 415. The fourth-order valence-corrected chi connectivity index (χ4v) is 3.68. The smallest absolute Gasteiger partial charge is 0.127 e. The standard InChI is InChI=1S/C16H23FN2/c17-14-7-2-1-5-12(14)11-19-16-8-3-6-13(16)15-9-4-10-18-15/h1-2,5,7,13,15-16,18-19H,3-4,6,8-11H2. The third-order valence-corrected chi connectivity index (χ3v) is 4.70. The molecule has 0 amide bonds. The van der Waals surface area contributed by atoms with Crippen molar-refractivity contribution in [2.45, 2.75) is 50.7 Å². The van der Waals surface area contributed by atoms with E-state index in [1.54, 1.807) is 12.1 Å². The Morgan fingerprint density at radius 3 is 2.84 bits per heavy atom. The summed E-state index contributed by atoms with van der Waals surface area (Å²) in [5.41, 5.74) is 0.785. The number of hydrogen-bond donors (Lipinski definition) is 2. The Kier molecular flexibility index (Phi) is 4.14. The van der Waals surface area contributed by atoms with Crippen LogP contribution in [0.3, 0.4) is 0 Å². The predicted molar refractivity (Wildman–Crippen MR) is 75.4 cm³/mol. The van der Waals surface area contributed by atoms with E-state index in [9.17, 15) is 4.39 Å². The highest BCUT2D eigenvalue weighted by Crippen LogP contribution is 2.32. The van der Waals surface area contributed by atoms with Gasteiger partial charge in [-0.05, 0) is 44.2 Å². The minimum Gasteiger partial charge on any atom is -0.314 e. The minimum absolute atomic E-state index is 0.0939. The van der Waals surface area contributed by atoms with E-state index in [1.165, 1.54) is 38.6 Å². The predicted octanol–water partition coefficient (Wildman–Crippen LogP) is 2.84. The molecule has 1 aliphatic carbocycles. The molecule has 3 atom stereocenters. The molecule has 2 aliphatic rings. The van der Waals surface area contributed by atoms with E-state index in [4.69, 9.17) is 0 Å².